The quantitative estimate of drug-likeness (QED) is 0.561. The van der Waals surface area contributed by atoms with E-state index in [9.17, 15) is 23.1 Å². The lowest BCUT2D eigenvalue weighted by atomic mass is 9.96. The van der Waals surface area contributed by atoms with Crippen molar-refractivity contribution >= 4 is 21.8 Å². The van der Waals surface area contributed by atoms with Gasteiger partial charge in [-0.25, -0.2) is 18.0 Å². The van der Waals surface area contributed by atoms with E-state index in [1.165, 1.54) is 6.92 Å². The Morgan fingerprint density at radius 2 is 1.95 bits per heavy atom. The summed E-state index contributed by atoms with van der Waals surface area (Å²) in [4.78, 5) is 22.9. The molecular weight excluding hydrogens is 284 g/mol. The van der Waals surface area contributed by atoms with Gasteiger partial charge in [0.25, 0.3) is 0 Å². The largest absolute Gasteiger partial charge is 0.480 e. The number of carboxylic acid groups (broad SMARTS) is 1. The third-order valence-corrected chi connectivity index (χ3v) is 5.36. The number of hydrogen-bond acceptors (Lipinski definition) is 4. The molecule has 2 amide bonds. The third kappa shape index (κ3) is 4.66. The van der Waals surface area contributed by atoms with Crippen molar-refractivity contribution in [1.29, 1.82) is 0 Å². The van der Waals surface area contributed by atoms with Crippen LogP contribution in [0.2, 0.25) is 0 Å². The molecule has 1 atom stereocenters. The molecule has 0 aromatic carbocycles. The van der Waals surface area contributed by atoms with Crippen molar-refractivity contribution in [2.75, 3.05) is 18.1 Å². The smallest absolute Gasteiger partial charge is 0.329 e. The molecule has 7 nitrogen and oxygen atoms in total. The van der Waals surface area contributed by atoms with Crippen molar-refractivity contribution in [3.63, 3.8) is 0 Å². The molecule has 3 N–H and O–H groups in total. The summed E-state index contributed by atoms with van der Waals surface area (Å²) in [6.07, 6.45) is 1.90. The summed E-state index contributed by atoms with van der Waals surface area (Å²) in [6.45, 7) is 3.27. The van der Waals surface area contributed by atoms with Gasteiger partial charge in [0, 0.05) is 12.3 Å². The topological polar surface area (TPSA) is 113 Å². The molecule has 0 spiro atoms. The Hall–Kier alpha value is -1.31. The number of amides is 2. The summed E-state index contributed by atoms with van der Waals surface area (Å²) in [5.41, 5.74) is -1.25. The van der Waals surface area contributed by atoms with Gasteiger partial charge in [-0.1, -0.05) is 6.92 Å². The second-order valence-electron chi connectivity index (χ2n) is 5.25. The number of carboxylic acids is 1. The van der Waals surface area contributed by atoms with Crippen LogP contribution in [0.3, 0.4) is 0 Å². The summed E-state index contributed by atoms with van der Waals surface area (Å²) < 4.78 is 22.5. The van der Waals surface area contributed by atoms with Gasteiger partial charge in [0.1, 0.15) is 15.4 Å². The van der Waals surface area contributed by atoms with Gasteiger partial charge in [0.2, 0.25) is 0 Å². The third-order valence-electron chi connectivity index (χ3n) is 3.57. The first-order valence-corrected chi connectivity index (χ1v) is 8.53. The number of urea groups is 1. The zero-order valence-corrected chi connectivity index (χ0v) is 12.6. The van der Waals surface area contributed by atoms with Crippen LogP contribution < -0.4 is 10.6 Å². The molecule has 1 aliphatic carbocycles. The summed E-state index contributed by atoms with van der Waals surface area (Å²) in [5.74, 6) is -0.990. The molecule has 1 fully saturated rings. The minimum absolute atomic E-state index is 0.0165. The van der Waals surface area contributed by atoms with Crippen LogP contribution in [0.1, 0.15) is 33.1 Å². The molecule has 20 heavy (non-hydrogen) atoms. The zero-order valence-electron chi connectivity index (χ0n) is 11.8. The summed E-state index contributed by atoms with van der Waals surface area (Å²) in [6, 6.07) is -0.573. The maximum Gasteiger partial charge on any atom is 0.329 e. The molecule has 1 saturated carbocycles. The van der Waals surface area contributed by atoms with E-state index in [-0.39, 0.29) is 24.0 Å². The van der Waals surface area contributed by atoms with E-state index in [1.54, 1.807) is 6.92 Å². The molecule has 0 aliphatic heterocycles. The summed E-state index contributed by atoms with van der Waals surface area (Å²) in [5, 5.41) is 14.1. The molecule has 8 heteroatoms. The van der Waals surface area contributed by atoms with Gasteiger partial charge in [-0.2, -0.15) is 0 Å². The minimum Gasteiger partial charge on any atom is -0.480 e. The number of aliphatic carboxylic acids is 1. The molecular formula is C12H22N2O5S. The molecule has 0 aromatic heterocycles. The van der Waals surface area contributed by atoms with Crippen molar-refractivity contribution in [3.8, 4) is 0 Å². The zero-order chi connectivity index (χ0) is 15.4. The first kappa shape index (κ1) is 16.7. The number of carbonyl (C=O) groups is 2. The lowest BCUT2D eigenvalue weighted by molar-refractivity contribution is -0.144. The van der Waals surface area contributed by atoms with Crippen molar-refractivity contribution in [2.45, 2.75) is 38.6 Å². The standard InChI is InChI=1S/C12H22N2O5S/c1-3-20(18,19)8-4-7-13-11(17)14-12(2,10(15)16)9-5-6-9/h9H,3-8H2,1-2H3,(H,15,16)(H2,13,14,17). The Balaban J connectivity index is 2.35. The Morgan fingerprint density at radius 1 is 1.35 bits per heavy atom. The van der Waals surface area contributed by atoms with Crippen LogP contribution in [0.5, 0.6) is 0 Å². The Bertz CT molecular complexity index is 472. The number of hydrogen-bond donors (Lipinski definition) is 3. The second kappa shape index (κ2) is 6.43. The highest BCUT2D eigenvalue weighted by Gasteiger charge is 2.48. The highest BCUT2D eigenvalue weighted by atomic mass is 32.2. The van der Waals surface area contributed by atoms with Gasteiger partial charge in [-0.3, -0.25) is 0 Å². The lowest BCUT2D eigenvalue weighted by Gasteiger charge is -2.26. The van der Waals surface area contributed by atoms with Gasteiger partial charge in [-0.05, 0) is 32.1 Å². The van der Waals surface area contributed by atoms with Gasteiger partial charge in [-0.15, -0.1) is 0 Å². The molecule has 0 saturated heterocycles. The maximum absolute atomic E-state index is 11.7. The molecule has 0 heterocycles. The SMILES string of the molecule is CCS(=O)(=O)CCCNC(=O)NC(C)(C(=O)O)C1CC1. The first-order chi connectivity index (χ1) is 9.21. The van der Waals surface area contributed by atoms with Crippen LogP contribution in [0.4, 0.5) is 4.79 Å². The predicted octanol–water partition coefficient (Wildman–Crippen LogP) is 0.364. The fraction of sp³-hybridized carbons (Fsp3) is 0.833. The highest BCUT2D eigenvalue weighted by Crippen LogP contribution is 2.39. The number of rotatable bonds is 8. The van der Waals surface area contributed by atoms with E-state index in [0.717, 1.165) is 12.8 Å². The minimum atomic E-state index is -3.04. The van der Waals surface area contributed by atoms with Crippen molar-refractivity contribution < 1.29 is 23.1 Å². The van der Waals surface area contributed by atoms with E-state index >= 15 is 0 Å². The van der Waals surface area contributed by atoms with Crippen LogP contribution in [0, 0.1) is 5.92 Å². The van der Waals surface area contributed by atoms with Gasteiger partial charge >= 0.3 is 12.0 Å². The molecule has 1 rings (SSSR count). The Morgan fingerprint density at radius 3 is 2.40 bits per heavy atom. The molecule has 0 aromatic rings. The van der Waals surface area contributed by atoms with Crippen molar-refractivity contribution in [2.24, 2.45) is 5.92 Å². The van der Waals surface area contributed by atoms with E-state index < -0.39 is 27.4 Å². The van der Waals surface area contributed by atoms with E-state index in [0.29, 0.717) is 6.42 Å². The van der Waals surface area contributed by atoms with E-state index in [1.807, 2.05) is 0 Å². The summed E-state index contributed by atoms with van der Waals surface area (Å²) >= 11 is 0. The number of carbonyl (C=O) groups excluding carboxylic acids is 1. The average molecular weight is 306 g/mol. The van der Waals surface area contributed by atoms with Crippen LogP contribution in [-0.2, 0) is 14.6 Å². The maximum atomic E-state index is 11.7. The molecule has 0 bridgehead atoms. The number of nitrogens with one attached hydrogen (secondary N) is 2. The number of sulfone groups is 1. The Kier molecular flexibility index (Phi) is 5.38. The van der Waals surface area contributed by atoms with Crippen LogP contribution in [-0.4, -0.2) is 49.1 Å². The normalized spacial score (nSPS) is 18.1. The molecule has 1 unspecified atom stereocenters. The second-order valence-corrected chi connectivity index (χ2v) is 7.73. The fourth-order valence-corrected chi connectivity index (χ4v) is 2.78. The molecule has 0 radical (unpaired) electrons. The van der Waals surface area contributed by atoms with E-state index in [4.69, 9.17) is 0 Å². The van der Waals surface area contributed by atoms with Crippen LogP contribution in [0.15, 0.2) is 0 Å². The van der Waals surface area contributed by atoms with Gasteiger partial charge < -0.3 is 15.7 Å². The molecule has 1 aliphatic rings. The van der Waals surface area contributed by atoms with Crippen LogP contribution in [0.25, 0.3) is 0 Å². The van der Waals surface area contributed by atoms with Crippen LogP contribution >= 0.6 is 0 Å². The van der Waals surface area contributed by atoms with E-state index in [2.05, 4.69) is 10.6 Å². The lowest BCUT2D eigenvalue weighted by Crippen LogP contribution is -2.56. The Labute approximate surface area is 119 Å². The van der Waals surface area contributed by atoms with Crippen molar-refractivity contribution in [1.82, 2.24) is 10.6 Å². The monoisotopic (exact) mass is 306 g/mol. The first-order valence-electron chi connectivity index (χ1n) is 6.71. The summed E-state index contributed by atoms with van der Waals surface area (Å²) in [7, 11) is -3.04. The van der Waals surface area contributed by atoms with Crippen molar-refractivity contribution in [3.05, 3.63) is 0 Å². The fourth-order valence-electron chi connectivity index (χ4n) is 1.91. The average Bonchev–Trinajstić information content (AvgIpc) is 3.18. The van der Waals surface area contributed by atoms with Gasteiger partial charge in [0.05, 0.1) is 5.75 Å². The van der Waals surface area contributed by atoms with Gasteiger partial charge in [0.15, 0.2) is 0 Å². The predicted molar refractivity (Wildman–Crippen MR) is 74.2 cm³/mol. The highest BCUT2D eigenvalue weighted by molar-refractivity contribution is 7.91. The molecule has 116 valence electrons.